The highest BCUT2D eigenvalue weighted by atomic mass is 16.4. The van der Waals surface area contributed by atoms with Crippen LogP contribution >= 0.6 is 0 Å². The van der Waals surface area contributed by atoms with Crippen LogP contribution in [0, 0.1) is 0 Å². The van der Waals surface area contributed by atoms with Gasteiger partial charge in [-0.15, -0.1) is 0 Å². The zero-order chi connectivity index (χ0) is 13.2. The third-order valence-electron chi connectivity index (χ3n) is 4.21. The van der Waals surface area contributed by atoms with Crippen LogP contribution in [0.3, 0.4) is 0 Å². The molecule has 0 aliphatic carbocycles. The van der Waals surface area contributed by atoms with Gasteiger partial charge >= 0.3 is 5.97 Å². The summed E-state index contributed by atoms with van der Waals surface area (Å²) in [6.07, 6.45) is 3.84. The van der Waals surface area contributed by atoms with Crippen LogP contribution in [0.4, 0.5) is 0 Å². The predicted molar refractivity (Wildman–Crippen MR) is 73.2 cm³/mol. The molecule has 1 aromatic carbocycles. The van der Waals surface area contributed by atoms with Crippen molar-refractivity contribution in [1.29, 1.82) is 0 Å². The Morgan fingerprint density at radius 1 is 1.21 bits per heavy atom. The summed E-state index contributed by atoms with van der Waals surface area (Å²) in [6, 6.07) is 8.61. The lowest BCUT2D eigenvalue weighted by molar-refractivity contribution is 0.0697. The topological polar surface area (TPSA) is 52.6 Å². The molecule has 2 saturated heterocycles. The van der Waals surface area contributed by atoms with E-state index in [4.69, 9.17) is 5.11 Å². The Kier molecular flexibility index (Phi) is 3.53. The van der Waals surface area contributed by atoms with Crippen LogP contribution in [0.1, 0.15) is 35.2 Å². The molecule has 2 heterocycles. The van der Waals surface area contributed by atoms with E-state index in [-0.39, 0.29) is 0 Å². The maximum absolute atomic E-state index is 10.8. The van der Waals surface area contributed by atoms with Gasteiger partial charge in [0.2, 0.25) is 0 Å². The number of aromatic carboxylic acids is 1. The van der Waals surface area contributed by atoms with Crippen molar-refractivity contribution < 1.29 is 9.90 Å². The molecule has 0 spiro atoms. The van der Waals surface area contributed by atoms with E-state index in [9.17, 15) is 4.79 Å². The van der Waals surface area contributed by atoms with Crippen molar-refractivity contribution in [3.63, 3.8) is 0 Å². The molecule has 102 valence electrons. The number of likely N-dealkylation sites (tertiary alicyclic amines) is 1. The first-order valence-corrected chi connectivity index (χ1v) is 7.01. The summed E-state index contributed by atoms with van der Waals surface area (Å²) in [5.74, 6) is -0.858. The molecule has 0 saturated carbocycles. The quantitative estimate of drug-likeness (QED) is 0.868. The van der Waals surface area contributed by atoms with Crippen LogP contribution in [0.25, 0.3) is 0 Å². The molecule has 0 aromatic heterocycles. The van der Waals surface area contributed by atoms with E-state index in [0.29, 0.717) is 17.6 Å². The van der Waals surface area contributed by atoms with Gasteiger partial charge < -0.3 is 10.4 Å². The minimum atomic E-state index is -0.858. The van der Waals surface area contributed by atoms with Gasteiger partial charge in [0.15, 0.2) is 0 Å². The molecular formula is C15H20N2O2. The van der Waals surface area contributed by atoms with Crippen LogP contribution in [0.5, 0.6) is 0 Å². The second kappa shape index (κ2) is 5.31. The van der Waals surface area contributed by atoms with E-state index < -0.39 is 5.97 Å². The summed E-state index contributed by atoms with van der Waals surface area (Å²) in [4.78, 5) is 13.3. The van der Waals surface area contributed by atoms with Crippen LogP contribution < -0.4 is 5.32 Å². The third-order valence-corrected chi connectivity index (χ3v) is 4.21. The molecule has 3 rings (SSSR count). The number of carbonyl (C=O) groups is 1. The fraction of sp³-hybridized carbons (Fsp3) is 0.533. The molecule has 2 fully saturated rings. The van der Waals surface area contributed by atoms with E-state index in [1.54, 1.807) is 12.1 Å². The lowest BCUT2D eigenvalue weighted by Crippen LogP contribution is -2.34. The van der Waals surface area contributed by atoms with Gasteiger partial charge in [-0.05, 0) is 37.0 Å². The van der Waals surface area contributed by atoms with Gasteiger partial charge in [-0.3, -0.25) is 4.90 Å². The summed E-state index contributed by atoms with van der Waals surface area (Å²) in [7, 11) is 0. The normalized spacial score (nSPS) is 27.2. The Bertz CT molecular complexity index is 458. The third kappa shape index (κ3) is 2.96. The highest BCUT2D eigenvalue weighted by Gasteiger charge is 2.28. The molecule has 2 aliphatic heterocycles. The van der Waals surface area contributed by atoms with Gasteiger partial charge in [-0.1, -0.05) is 12.1 Å². The first kappa shape index (κ1) is 12.6. The van der Waals surface area contributed by atoms with Gasteiger partial charge in [0.1, 0.15) is 0 Å². The minimum absolute atomic E-state index is 0.361. The van der Waals surface area contributed by atoms with Crippen molar-refractivity contribution in [1.82, 2.24) is 10.2 Å². The van der Waals surface area contributed by atoms with E-state index in [1.807, 2.05) is 12.1 Å². The first-order valence-electron chi connectivity index (χ1n) is 7.01. The van der Waals surface area contributed by atoms with Crippen molar-refractivity contribution >= 4 is 5.97 Å². The second-order valence-electron chi connectivity index (χ2n) is 5.66. The fourth-order valence-electron chi connectivity index (χ4n) is 3.17. The lowest BCUT2D eigenvalue weighted by atomic mass is 10.1. The monoisotopic (exact) mass is 260 g/mol. The maximum atomic E-state index is 10.8. The average Bonchev–Trinajstić information content (AvgIpc) is 2.73. The van der Waals surface area contributed by atoms with Crippen LogP contribution in [0.15, 0.2) is 24.3 Å². The highest BCUT2D eigenvalue weighted by molar-refractivity contribution is 5.87. The summed E-state index contributed by atoms with van der Waals surface area (Å²) < 4.78 is 0. The van der Waals surface area contributed by atoms with E-state index in [1.165, 1.54) is 24.8 Å². The fourth-order valence-corrected chi connectivity index (χ4v) is 3.17. The number of rotatable bonds is 3. The summed E-state index contributed by atoms with van der Waals surface area (Å²) in [6.45, 7) is 3.16. The number of carboxylic acids is 1. The molecule has 2 atom stereocenters. The summed E-state index contributed by atoms with van der Waals surface area (Å²) in [5, 5.41) is 12.6. The maximum Gasteiger partial charge on any atom is 0.335 e. The van der Waals surface area contributed by atoms with Crippen LogP contribution in [0.2, 0.25) is 0 Å². The van der Waals surface area contributed by atoms with Crippen molar-refractivity contribution in [2.45, 2.75) is 37.9 Å². The highest BCUT2D eigenvalue weighted by Crippen LogP contribution is 2.21. The molecule has 0 amide bonds. The van der Waals surface area contributed by atoms with Gasteiger partial charge in [0.05, 0.1) is 5.56 Å². The van der Waals surface area contributed by atoms with E-state index in [0.717, 1.165) is 19.6 Å². The Labute approximate surface area is 113 Å². The number of fused-ring (bicyclic) bond motifs is 2. The average molecular weight is 260 g/mol. The largest absolute Gasteiger partial charge is 0.478 e. The summed E-state index contributed by atoms with van der Waals surface area (Å²) >= 11 is 0. The molecule has 1 aromatic rings. The first-order chi connectivity index (χ1) is 9.20. The number of nitrogens with zero attached hydrogens (tertiary/aromatic N) is 1. The van der Waals surface area contributed by atoms with E-state index in [2.05, 4.69) is 10.2 Å². The van der Waals surface area contributed by atoms with Crippen molar-refractivity contribution in [3.8, 4) is 0 Å². The van der Waals surface area contributed by atoms with Crippen LogP contribution in [-0.4, -0.2) is 41.1 Å². The van der Waals surface area contributed by atoms with Gasteiger partial charge in [-0.2, -0.15) is 0 Å². The number of hydrogen-bond acceptors (Lipinski definition) is 3. The van der Waals surface area contributed by atoms with Gasteiger partial charge in [-0.25, -0.2) is 4.79 Å². The number of nitrogens with one attached hydrogen (secondary N) is 1. The van der Waals surface area contributed by atoms with Crippen LogP contribution in [-0.2, 0) is 6.54 Å². The molecule has 2 bridgehead atoms. The standard InChI is InChI=1S/C15H20N2O2/c18-15(19)12-3-1-11(2-4-12)9-17-8-7-13-5-6-14(10-17)16-13/h1-4,13-14,16H,5-10H2,(H,18,19). The number of hydrogen-bond donors (Lipinski definition) is 2. The molecule has 2 N–H and O–H groups in total. The molecule has 2 unspecified atom stereocenters. The van der Waals surface area contributed by atoms with Gasteiger partial charge in [0.25, 0.3) is 0 Å². The Morgan fingerprint density at radius 2 is 1.95 bits per heavy atom. The number of carboxylic acid groups (broad SMARTS) is 1. The van der Waals surface area contributed by atoms with Crippen molar-refractivity contribution in [3.05, 3.63) is 35.4 Å². The molecule has 2 aliphatic rings. The number of benzene rings is 1. The molecule has 4 nitrogen and oxygen atoms in total. The Balaban J connectivity index is 1.62. The lowest BCUT2D eigenvalue weighted by Gasteiger charge is -2.24. The molecule has 19 heavy (non-hydrogen) atoms. The van der Waals surface area contributed by atoms with E-state index >= 15 is 0 Å². The van der Waals surface area contributed by atoms with Gasteiger partial charge in [0, 0.05) is 31.7 Å². The smallest absolute Gasteiger partial charge is 0.335 e. The minimum Gasteiger partial charge on any atom is -0.478 e. The van der Waals surface area contributed by atoms with Crippen molar-refractivity contribution in [2.24, 2.45) is 0 Å². The predicted octanol–water partition coefficient (Wildman–Crippen LogP) is 1.71. The zero-order valence-electron chi connectivity index (χ0n) is 11.0. The Hall–Kier alpha value is -1.39. The second-order valence-corrected chi connectivity index (χ2v) is 5.66. The van der Waals surface area contributed by atoms with Crippen molar-refractivity contribution in [2.75, 3.05) is 13.1 Å². The SMILES string of the molecule is O=C(O)c1ccc(CN2CCC3CCC(C2)N3)cc1. The molecule has 4 heteroatoms. The molecule has 0 radical (unpaired) electrons. The molecular weight excluding hydrogens is 240 g/mol. The summed E-state index contributed by atoms with van der Waals surface area (Å²) in [5.41, 5.74) is 1.56. The Morgan fingerprint density at radius 3 is 2.68 bits per heavy atom. The zero-order valence-corrected chi connectivity index (χ0v) is 11.0.